The number of carboxylic acid groups (broad SMARTS) is 1. The minimum absolute atomic E-state index is 0.0359. The molecule has 0 aliphatic carbocycles. The minimum atomic E-state index is -3.81. The van der Waals surface area contributed by atoms with Gasteiger partial charge in [0.25, 0.3) is 0 Å². The number of carbonyl (C=O) groups excluding carboxylic acids is 1. The maximum atomic E-state index is 11.9. The van der Waals surface area contributed by atoms with E-state index in [1.807, 2.05) is 0 Å². The average molecular weight is 366 g/mol. The summed E-state index contributed by atoms with van der Waals surface area (Å²) < 4.78 is 26.3. The molecular formula is C10H12BrN3O5S. The van der Waals surface area contributed by atoms with Gasteiger partial charge in [-0.2, -0.15) is 0 Å². The van der Waals surface area contributed by atoms with Crippen LogP contribution in [0.15, 0.2) is 27.6 Å². The quantitative estimate of drug-likeness (QED) is 0.529. The maximum absolute atomic E-state index is 11.9. The Morgan fingerprint density at radius 1 is 1.30 bits per heavy atom. The van der Waals surface area contributed by atoms with Crippen molar-refractivity contribution in [2.45, 2.75) is 4.90 Å². The second-order valence-electron chi connectivity index (χ2n) is 3.64. The summed E-state index contributed by atoms with van der Waals surface area (Å²) in [5, 5.41) is 11.0. The van der Waals surface area contributed by atoms with Crippen LogP contribution < -0.4 is 15.8 Å². The lowest BCUT2D eigenvalue weighted by Gasteiger charge is -2.09. The summed E-state index contributed by atoms with van der Waals surface area (Å²) in [6, 6.07) is 2.80. The summed E-state index contributed by atoms with van der Waals surface area (Å²) in [6.45, 7) is -0.00220. The number of amides is 2. The first-order valence-corrected chi connectivity index (χ1v) is 7.57. The highest BCUT2D eigenvalue weighted by atomic mass is 79.9. The van der Waals surface area contributed by atoms with Gasteiger partial charge in [0.1, 0.15) is 0 Å². The lowest BCUT2D eigenvalue weighted by molar-refractivity contribution is 0.0696. The molecule has 0 aliphatic heterocycles. The van der Waals surface area contributed by atoms with Gasteiger partial charge in [0.15, 0.2) is 0 Å². The van der Waals surface area contributed by atoms with E-state index in [1.54, 1.807) is 0 Å². The monoisotopic (exact) mass is 365 g/mol. The van der Waals surface area contributed by atoms with Crippen LogP contribution in [0.5, 0.6) is 0 Å². The summed E-state index contributed by atoms with van der Waals surface area (Å²) in [7, 11) is -3.81. The molecule has 0 radical (unpaired) electrons. The van der Waals surface area contributed by atoms with E-state index in [4.69, 9.17) is 10.8 Å². The Bertz CT molecular complexity index is 632. The van der Waals surface area contributed by atoms with Crippen molar-refractivity contribution in [3.63, 3.8) is 0 Å². The summed E-state index contributed by atoms with van der Waals surface area (Å²) in [4.78, 5) is 21.1. The first kappa shape index (κ1) is 16.4. The molecule has 0 fully saturated rings. The molecule has 10 heteroatoms. The molecule has 0 aromatic heterocycles. The summed E-state index contributed by atoms with van der Waals surface area (Å²) in [5.74, 6) is -1.16. The molecule has 0 unspecified atom stereocenters. The van der Waals surface area contributed by atoms with Gasteiger partial charge < -0.3 is 16.2 Å². The molecule has 0 atom stereocenters. The fourth-order valence-corrected chi connectivity index (χ4v) is 3.41. The standard InChI is InChI=1S/C10H12BrN3O5S/c11-7-5-6(9(15)16)1-2-8(7)20(18,19)14-4-3-13-10(12)17/h1-2,5,14H,3-4H2,(H,15,16)(H3,12,13,17). The van der Waals surface area contributed by atoms with Gasteiger partial charge in [0, 0.05) is 17.6 Å². The van der Waals surface area contributed by atoms with Crippen LogP contribution in [0.2, 0.25) is 0 Å². The second-order valence-corrected chi connectivity index (χ2v) is 6.23. The van der Waals surface area contributed by atoms with Crippen molar-refractivity contribution in [2.24, 2.45) is 5.73 Å². The average Bonchev–Trinajstić information content (AvgIpc) is 2.34. The van der Waals surface area contributed by atoms with E-state index < -0.39 is 22.0 Å². The van der Waals surface area contributed by atoms with Crippen LogP contribution in [-0.2, 0) is 10.0 Å². The van der Waals surface area contributed by atoms with Gasteiger partial charge in [0.2, 0.25) is 10.0 Å². The number of aromatic carboxylic acids is 1. The van der Waals surface area contributed by atoms with Crippen molar-refractivity contribution >= 4 is 38.0 Å². The maximum Gasteiger partial charge on any atom is 0.335 e. The molecule has 0 aliphatic rings. The fourth-order valence-electron chi connectivity index (χ4n) is 1.30. The van der Waals surface area contributed by atoms with E-state index in [0.29, 0.717) is 0 Å². The lowest BCUT2D eigenvalue weighted by Crippen LogP contribution is -2.37. The van der Waals surface area contributed by atoms with Gasteiger partial charge in [-0.3, -0.25) is 0 Å². The van der Waals surface area contributed by atoms with Crippen molar-refractivity contribution < 1.29 is 23.1 Å². The molecule has 0 heterocycles. The summed E-state index contributed by atoms with van der Waals surface area (Å²) in [5.41, 5.74) is 4.80. The van der Waals surface area contributed by atoms with Gasteiger partial charge in [-0.05, 0) is 34.1 Å². The highest BCUT2D eigenvalue weighted by Crippen LogP contribution is 2.23. The lowest BCUT2D eigenvalue weighted by atomic mass is 10.2. The van der Waals surface area contributed by atoms with E-state index in [2.05, 4.69) is 26.0 Å². The number of primary amides is 1. The van der Waals surface area contributed by atoms with Crippen molar-refractivity contribution in [1.29, 1.82) is 0 Å². The Balaban J connectivity index is 2.82. The predicted molar refractivity (Wildman–Crippen MR) is 73.9 cm³/mol. The molecule has 1 aromatic carbocycles. The van der Waals surface area contributed by atoms with Crippen LogP contribution in [0, 0.1) is 0 Å². The molecule has 5 N–H and O–H groups in total. The Hall–Kier alpha value is -1.65. The largest absolute Gasteiger partial charge is 0.478 e. The molecule has 0 bridgehead atoms. The molecule has 110 valence electrons. The van der Waals surface area contributed by atoms with Gasteiger partial charge in [-0.15, -0.1) is 0 Å². The van der Waals surface area contributed by atoms with Crippen LogP contribution >= 0.6 is 15.9 Å². The number of carbonyl (C=O) groups is 2. The molecule has 1 rings (SSSR count). The van der Waals surface area contributed by atoms with E-state index in [9.17, 15) is 18.0 Å². The van der Waals surface area contributed by atoms with E-state index in [-0.39, 0.29) is 28.0 Å². The SMILES string of the molecule is NC(=O)NCCNS(=O)(=O)c1ccc(C(=O)O)cc1Br. The smallest absolute Gasteiger partial charge is 0.335 e. The topological polar surface area (TPSA) is 139 Å². The zero-order chi connectivity index (χ0) is 15.3. The zero-order valence-electron chi connectivity index (χ0n) is 10.1. The Labute approximate surface area is 123 Å². The number of sulfonamides is 1. The van der Waals surface area contributed by atoms with Crippen LogP contribution in [0.1, 0.15) is 10.4 Å². The minimum Gasteiger partial charge on any atom is -0.478 e. The third-order valence-corrected chi connectivity index (χ3v) is 4.62. The van der Waals surface area contributed by atoms with Gasteiger partial charge >= 0.3 is 12.0 Å². The van der Waals surface area contributed by atoms with Crippen LogP contribution in [-0.4, -0.2) is 38.6 Å². The van der Waals surface area contributed by atoms with Gasteiger partial charge in [-0.25, -0.2) is 22.7 Å². The van der Waals surface area contributed by atoms with Gasteiger partial charge in [-0.1, -0.05) is 0 Å². The van der Waals surface area contributed by atoms with E-state index in [0.717, 1.165) is 0 Å². The first-order valence-electron chi connectivity index (χ1n) is 5.30. The third-order valence-electron chi connectivity index (χ3n) is 2.18. The number of nitrogens with one attached hydrogen (secondary N) is 2. The number of urea groups is 1. The molecule has 0 saturated heterocycles. The second kappa shape index (κ2) is 6.68. The van der Waals surface area contributed by atoms with Crippen LogP contribution in [0.4, 0.5) is 4.79 Å². The number of rotatable bonds is 6. The molecule has 0 saturated carbocycles. The highest BCUT2D eigenvalue weighted by molar-refractivity contribution is 9.10. The van der Waals surface area contributed by atoms with Crippen molar-refractivity contribution in [3.05, 3.63) is 28.2 Å². The Kier molecular flexibility index (Phi) is 5.48. The van der Waals surface area contributed by atoms with Crippen LogP contribution in [0.3, 0.4) is 0 Å². The number of benzene rings is 1. The van der Waals surface area contributed by atoms with E-state index >= 15 is 0 Å². The van der Waals surface area contributed by atoms with Crippen molar-refractivity contribution in [3.8, 4) is 0 Å². The fraction of sp³-hybridized carbons (Fsp3) is 0.200. The summed E-state index contributed by atoms with van der Waals surface area (Å²) in [6.07, 6.45) is 0. The van der Waals surface area contributed by atoms with Crippen molar-refractivity contribution in [2.75, 3.05) is 13.1 Å². The zero-order valence-corrected chi connectivity index (χ0v) is 12.5. The van der Waals surface area contributed by atoms with Crippen LogP contribution in [0.25, 0.3) is 0 Å². The molecule has 20 heavy (non-hydrogen) atoms. The summed E-state index contributed by atoms with van der Waals surface area (Å²) >= 11 is 3.01. The highest BCUT2D eigenvalue weighted by Gasteiger charge is 2.18. The van der Waals surface area contributed by atoms with E-state index in [1.165, 1.54) is 18.2 Å². The molecule has 2 amide bonds. The Morgan fingerprint density at radius 3 is 2.45 bits per heavy atom. The predicted octanol–water partition coefficient (Wildman–Crippen LogP) is 0.0939. The first-order chi connectivity index (χ1) is 9.24. The third kappa shape index (κ3) is 4.47. The number of hydrogen-bond acceptors (Lipinski definition) is 4. The molecule has 1 aromatic rings. The molecule has 0 spiro atoms. The number of hydrogen-bond donors (Lipinski definition) is 4. The number of carboxylic acids is 1. The molecule has 8 nitrogen and oxygen atoms in total. The number of halogens is 1. The Morgan fingerprint density at radius 2 is 1.95 bits per heavy atom. The number of nitrogens with two attached hydrogens (primary N) is 1. The molecular weight excluding hydrogens is 354 g/mol. The van der Waals surface area contributed by atoms with Gasteiger partial charge in [0.05, 0.1) is 10.5 Å². The van der Waals surface area contributed by atoms with Crippen molar-refractivity contribution in [1.82, 2.24) is 10.0 Å². The normalized spacial score (nSPS) is 11.1.